The normalized spacial score (nSPS) is 12.5. The van der Waals surface area contributed by atoms with E-state index in [1.807, 2.05) is 41.1 Å². The summed E-state index contributed by atoms with van der Waals surface area (Å²) >= 11 is 3.79. The zero-order valence-corrected chi connectivity index (χ0v) is 17.8. The lowest BCUT2D eigenvalue weighted by molar-refractivity contribution is 1.27. The molecule has 144 valence electrons. The van der Waals surface area contributed by atoms with Crippen molar-refractivity contribution in [3.05, 3.63) is 79.3 Å². The Kier molecular flexibility index (Phi) is 2.91. The molecule has 0 aliphatic heterocycles. The van der Waals surface area contributed by atoms with Gasteiger partial charge in [0.15, 0.2) is 0 Å². The highest BCUT2D eigenvalue weighted by Crippen LogP contribution is 2.47. The van der Waals surface area contributed by atoms with Crippen molar-refractivity contribution in [1.82, 2.24) is 14.4 Å². The minimum Gasteiger partial charge on any atom is -0.299 e. The minimum absolute atomic E-state index is 0.960. The first-order valence-corrected chi connectivity index (χ1v) is 11.8. The first-order valence-electron chi connectivity index (χ1n) is 10.2. The monoisotopic (exact) mass is 431 g/mol. The summed E-state index contributed by atoms with van der Waals surface area (Å²) < 4.78 is 7.60. The molecule has 3 nitrogen and oxygen atoms in total. The molecule has 8 rings (SSSR count). The third-order valence-electron chi connectivity index (χ3n) is 6.31. The van der Waals surface area contributed by atoms with E-state index in [0.29, 0.717) is 0 Å². The van der Waals surface area contributed by atoms with Gasteiger partial charge in [0.05, 0.1) is 20.4 Å². The van der Waals surface area contributed by atoms with Crippen LogP contribution in [0.4, 0.5) is 0 Å². The molecule has 0 unspecified atom stereocenters. The molecule has 0 N–H and O–H groups in total. The van der Waals surface area contributed by atoms with Crippen molar-refractivity contribution in [3.63, 3.8) is 0 Å². The number of thiophene rings is 2. The van der Waals surface area contributed by atoms with E-state index in [9.17, 15) is 0 Å². The molecule has 5 heterocycles. The van der Waals surface area contributed by atoms with Crippen LogP contribution < -0.4 is 0 Å². The van der Waals surface area contributed by atoms with Crippen LogP contribution in [0.2, 0.25) is 0 Å². The second-order valence-corrected chi connectivity index (χ2v) is 9.98. The van der Waals surface area contributed by atoms with E-state index in [4.69, 9.17) is 4.98 Å². The smallest absolute Gasteiger partial charge is 0.146 e. The molecule has 0 saturated carbocycles. The Morgan fingerprint density at radius 2 is 1.45 bits per heavy atom. The summed E-state index contributed by atoms with van der Waals surface area (Å²) in [6.45, 7) is 0. The fourth-order valence-corrected chi connectivity index (χ4v) is 7.57. The molecule has 0 aliphatic rings. The summed E-state index contributed by atoms with van der Waals surface area (Å²) in [6, 6.07) is 21.9. The molecule has 31 heavy (non-hydrogen) atoms. The molecule has 0 bridgehead atoms. The average Bonchev–Trinajstić information content (AvgIpc) is 3.53. The van der Waals surface area contributed by atoms with Gasteiger partial charge < -0.3 is 0 Å². The molecule has 0 amide bonds. The summed E-state index contributed by atoms with van der Waals surface area (Å²) in [6.07, 6.45) is 5.81. The molecule has 0 fully saturated rings. The summed E-state index contributed by atoms with van der Waals surface area (Å²) in [5.41, 5.74) is 3.14. The predicted molar refractivity (Wildman–Crippen MR) is 134 cm³/mol. The second kappa shape index (κ2) is 5.58. The van der Waals surface area contributed by atoms with Crippen LogP contribution in [0.5, 0.6) is 0 Å². The van der Waals surface area contributed by atoms with Crippen molar-refractivity contribution >= 4 is 90.5 Å². The molecule has 8 aromatic rings. The highest BCUT2D eigenvalue weighted by atomic mass is 32.1. The van der Waals surface area contributed by atoms with E-state index >= 15 is 0 Å². The largest absolute Gasteiger partial charge is 0.299 e. The number of aromatic nitrogens is 3. The Morgan fingerprint density at radius 3 is 2.45 bits per heavy atom. The molecule has 0 spiro atoms. The van der Waals surface area contributed by atoms with Crippen LogP contribution in [0.1, 0.15) is 0 Å². The molecule has 0 saturated heterocycles. The summed E-state index contributed by atoms with van der Waals surface area (Å²) in [4.78, 5) is 9.45. The van der Waals surface area contributed by atoms with Gasteiger partial charge in [-0.05, 0) is 30.3 Å². The number of hydrogen-bond acceptors (Lipinski definition) is 4. The lowest BCUT2D eigenvalue weighted by Gasteiger charge is -2.09. The van der Waals surface area contributed by atoms with Gasteiger partial charge in [-0.25, -0.2) is 4.98 Å². The van der Waals surface area contributed by atoms with Gasteiger partial charge in [-0.2, -0.15) is 0 Å². The maximum atomic E-state index is 4.83. The lowest BCUT2D eigenvalue weighted by atomic mass is 10.0. The summed E-state index contributed by atoms with van der Waals surface area (Å²) in [5, 5.41) is 7.62. The Labute approximate surface area is 183 Å². The number of benzene rings is 3. The molecule has 5 heteroatoms. The van der Waals surface area contributed by atoms with Gasteiger partial charge in [0.2, 0.25) is 0 Å². The first-order chi connectivity index (χ1) is 15.4. The van der Waals surface area contributed by atoms with E-state index < -0.39 is 0 Å². The van der Waals surface area contributed by atoms with Gasteiger partial charge in [-0.15, -0.1) is 22.7 Å². The number of imidazole rings is 1. The van der Waals surface area contributed by atoms with Crippen molar-refractivity contribution in [1.29, 1.82) is 0 Å². The molecule has 0 atom stereocenters. The van der Waals surface area contributed by atoms with E-state index in [1.165, 1.54) is 45.7 Å². The van der Waals surface area contributed by atoms with Crippen LogP contribution in [-0.4, -0.2) is 14.4 Å². The van der Waals surface area contributed by atoms with Gasteiger partial charge in [0.25, 0.3) is 0 Å². The molecule has 5 aromatic heterocycles. The fraction of sp³-hybridized carbons (Fsp3) is 0. The van der Waals surface area contributed by atoms with Crippen LogP contribution in [-0.2, 0) is 0 Å². The van der Waals surface area contributed by atoms with Crippen molar-refractivity contribution < 1.29 is 0 Å². The SMILES string of the molecule is c1ccc2c(c1)sc1c2ccc2c1sc1ccc3c(c4ncccc4c4nccn34)c12. The molecule has 0 radical (unpaired) electrons. The van der Waals surface area contributed by atoms with Crippen molar-refractivity contribution in [2.45, 2.75) is 0 Å². The van der Waals surface area contributed by atoms with Crippen LogP contribution in [0, 0.1) is 0 Å². The third kappa shape index (κ3) is 1.93. The Hall–Kier alpha value is -3.54. The van der Waals surface area contributed by atoms with Gasteiger partial charge in [-0.1, -0.05) is 30.3 Å². The van der Waals surface area contributed by atoms with E-state index in [2.05, 4.69) is 70.2 Å². The lowest BCUT2D eigenvalue weighted by Crippen LogP contribution is -1.92. The van der Waals surface area contributed by atoms with Gasteiger partial charge in [0, 0.05) is 60.3 Å². The Morgan fingerprint density at radius 1 is 0.613 bits per heavy atom. The van der Waals surface area contributed by atoms with E-state index in [-0.39, 0.29) is 0 Å². The zero-order chi connectivity index (χ0) is 20.1. The number of hydrogen-bond donors (Lipinski definition) is 0. The van der Waals surface area contributed by atoms with Gasteiger partial charge in [0.1, 0.15) is 5.65 Å². The third-order valence-corrected chi connectivity index (χ3v) is 8.84. The average molecular weight is 432 g/mol. The predicted octanol–water partition coefficient (Wildman–Crippen LogP) is 7.77. The van der Waals surface area contributed by atoms with Crippen LogP contribution in [0.3, 0.4) is 0 Å². The Bertz CT molecular complexity index is 2010. The maximum Gasteiger partial charge on any atom is 0.146 e. The van der Waals surface area contributed by atoms with Crippen molar-refractivity contribution in [2.75, 3.05) is 0 Å². The number of nitrogens with zero attached hydrogens (tertiary/aromatic N) is 3. The Balaban J connectivity index is 1.68. The van der Waals surface area contributed by atoms with E-state index in [1.54, 1.807) is 0 Å². The van der Waals surface area contributed by atoms with Gasteiger partial charge >= 0.3 is 0 Å². The van der Waals surface area contributed by atoms with Crippen LogP contribution >= 0.6 is 22.7 Å². The second-order valence-electron chi connectivity index (χ2n) is 7.87. The topological polar surface area (TPSA) is 30.2 Å². The molecular formula is C26H13N3S2. The van der Waals surface area contributed by atoms with E-state index in [0.717, 1.165) is 22.1 Å². The van der Waals surface area contributed by atoms with Crippen LogP contribution in [0.25, 0.3) is 67.8 Å². The fourth-order valence-electron chi connectivity index (χ4n) is 5.02. The van der Waals surface area contributed by atoms with Crippen molar-refractivity contribution in [3.8, 4) is 0 Å². The number of rotatable bonds is 0. The molecule has 0 aliphatic carbocycles. The standard InChI is InChI=1S/C26H13N3S2/c1-2-6-19-14(4-1)15-7-8-16-21-20(31-25(16)24(15)30-19)10-9-18-22(21)23-17(5-3-11-27-23)26-28-12-13-29(18)26/h1-13H. The summed E-state index contributed by atoms with van der Waals surface area (Å²) in [7, 11) is 0. The van der Waals surface area contributed by atoms with Crippen molar-refractivity contribution in [2.24, 2.45) is 0 Å². The van der Waals surface area contributed by atoms with Gasteiger partial charge in [-0.3, -0.25) is 9.38 Å². The maximum absolute atomic E-state index is 4.83. The quantitative estimate of drug-likeness (QED) is 0.230. The number of pyridine rings is 2. The summed E-state index contributed by atoms with van der Waals surface area (Å²) in [5.74, 6) is 0. The highest BCUT2D eigenvalue weighted by molar-refractivity contribution is 7.33. The highest BCUT2D eigenvalue weighted by Gasteiger charge is 2.18. The molecule has 3 aromatic carbocycles. The van der Waals surface area contributed by atoms with Crippen LogP contribution in [0.15, 0.2) is 79.3 Å². The minimum atomic E-state index is 0.960. The molecular weight excluding hydrogens is 418 g/mol. The first kappa shape index (κ1) is 16.2. The number of fused-ring (bicyclic) bond motifs is 14. The zero-order valence-electron chi connectivity index (χ0n) is 16.2.